The fraction of sp³-hybridized carbons (Fsp3) is 0.583. The highest BCUT2D eigenvalue weighted by Gasteiger charge is 2.30. The highest BCUT2D eigenvalue weighted by atomic mass is 35.5. The summed E-state index contributed by atoms with van der Waals surface area (Å²) in [6.07, 6.45) is 4.22. The lowest BCUT2D eigenvalue weighted by Gasteiger charge is -2.32. The van der Waals surface area contributed by atoms with Crippen LogP contribution in [-0.2, 0) is 4.74 Å². The minimum atomic E-state index is -0.921. The molecule has 1 fully saturated rings. The van der Waals surface area contributed by atoms with Gasteiger partial charge in [-0.25, -0.2) is 9.97 Å². The number of thioether (sulfide) groups is 1. The van der Waals surface area contributed by atoms with E-state index in [1.807, 2.05) is 6.26 Å². The standard InChI is InChI=1S/C12H16ClN3O3S/c1-20-11-14-6-8(13)9(16-11)10(17)15-7-12(18)2-4-19-5-3-12/h6,18H,2-5,7H2,1H3,(H,15,17). The van der Waals surface area contributed by atoms with E-state index < -0.39 is 11.5 Å². The van der Waals surface area contributed by atoms with Gasteiger partial charge in [-0.2, -0.15) is 0 Å². The number of amides is 1. The van der Waals surface area contributed by atoms with Gasteiger partial charge in [-0.1, -0.05) is 23.4 Å². The fourth-order valence-electron chi connectivity index (χ4n) is 1.87. The molecule has 1 aromatic rings. The number of halogens is 1. The van der Waals surface area contributed by atoms with E-state index in [9.17, 15) is 9.90 Å². The smallest absolute Gasteiger partial charge is 0.271 e. The van der Waals surface area contributed by atoms with Crippen LogP contribution in [0.3, 0.4) is 0 Å². The monoisotopic (exact) mass is 317 g/mol. The molecule has 1 aliphatic rings. The largest absolute Gasteiger partial charge is 0.388 e. The molecule has 1 amide bonds. The van der Waals surface area contributed by atoms with Crippen LogP contribution in [0.2, 0.25) is 5.02 Å². The second kappa shape index (κ2) is 6.71. The van der Waals surface area contributed by atoms with Gasteiger partial charge in [0.2, 0.25) is 0 Å². The van der Waals surface area contributed by atoms with Gasteiger partial charge >= 0.3 is 0 Å². The lowest BCUT2D eigenvalue weighted by atomic mass is 9.94. The van der Waals surface area contributed by atoms with Crippen LogP contribution in [0.4, 0.5) is 0 Å². The third kappa shape index (κ3) is 3.82. The Morgan fingerprint density at radius 3 is 2.95 bits per heavy atom. The van der Waals surface area contributed by atoms with Gasteiger partial charge in [0.15, 0.2) is 10.9 Å². The average Bonchev–Trinajstić information content (AvgIpc) is 2.46. The van der Waals surface area contributed by atoms with E-state index in [0.29, 0.717) is 31.2 Å². The number of aliphatic hydroxyl groups is 1. The number of nitrogens with zero attached hydrogens (tertiary/aromatic N) is 2. The van der Waals surface area contributed by atoms with Crippen molar-refractivity contribution in [1.82, 2.24) is 15.3 Å². The van der Waals surface area contributed by atoms with Crippen molar-refractivity contribution in [3.05, 3.63) is 16.9 Å². The minimum absolute atomic E-state index is 0.127. The number of carbonyl (C=O) groups excluding carboxylic acids is 1. The first-order valence-electron chi connectivity index (χ1n) is 6.19. The van der Waals surface area contributed by atoms with Crippen LogP contribution in [0, 0.1) is 0 Å². The number of rotatable bonds is 4. The molecular formula is C12H16ClN3O3S. The van der Waals surface area contributed by atoms with Crippen molar-refractivity contribution in [2.24, 2.45) is 0 Å². The lowest BCUT2D eigenvalue weighted by Crippen LogP contribution is -2.46. The molecule has 0 unspecified atom stereocenters. The van der Waals surface area contributed by atoms with E-state index in [4.69, 9.17) is 16.3 Å². The molecule has 110 valence electrons. The summed E-state index contributed by atoms with van der Waals surface area (Å²) in [6.45, 7) is 1.15. The molecule has 0 spiro atoms. The molecule has 2 heterocycles. The Bertz CT molecular complexity index is 495. The molecule has 2 rings (SSSR count). The Morgan fingerprint density at radius 2 is 2.30 bits per heavy atom. The first-order chi connectivity index (χ1) is 9.54. The van der Waals surface area contributed by atoms with Crippen LogP contribution in [0.5, 0.6) is 0 Å². The summed E-state index contributed by atoms with van der Waals surface area (Å²) in [4.78, 5) is 20.1. The Labute approximate surface area is 126 Å². The first-order valence-corrected chi connectivity index (χ1v) is 7.79. The maximum Gasteiger partial charge on any atom is 0.271 e. The Balaban J connectivity index is 2.01. The van der Waals surface area contributed by atoms with Crippen molar-refractivity contribution in [2.75, 3.05) is 26.0 Å². The molecule has 0 atom stereocenters. The first kappa shape index (κ1) is 15.5. The van der Waals surface area contributed by atoms with Crippen molar-refractivity contribution in [2.45, 2.75) is 23.6 Å². The third-order valence-electron chi connectivity index (χ3n) is 3.12. The summed E-state index contributed by atoms with van der Waals surface area (Å²) in [7, 11) is 0. The number of hydrogen-bond acceptors (Lipinski definition) is 6. The fourth-order valence-corrected chi connectivity index (χ4v) is 2.38. The summed E-state index contributed by atoms with van der Waals surface area (Å²) < 4.78 is 5.19. The van der Waals surface area contributed by atoms with Crippen LogP contribution in [0.1, 0.15) is 23.3 Å². The number of nitrogens with one attached hydrogen (secondary N) is 1. The normalized spacial score (nSPS) is 17.8. The predicted molar refractivity (Wildman–Crippen MR) is 76.2 cm³/mol. The second-order valence-electron chi connectivity index (χ2n) is 4.57. The molecule has 0 radical (unpaired) electrons. The molecule has 0 saturated carbocycles. The van der Waals surface area contributed by atoms with Gasteiger partial charge in [0, 0.05) is 32.6 Å². The van der Waals surface area contributed by atoms with Crippen molar-refractivity contribution >= 4 is 29.3 Å². The van der Waals surface area contributed by atoms with Gasteiger partial charge in [0.05, 0.1) is 16.8 Å². The van der Waals surface area contributed by atoms with Crippen LogP contribution in [-0.4, -0.2) is 52.6 Å². The number of hydrogen-bond donors (Lipinski definition) is 2. The van der Waals surface area contributed by atoms with E-state index in [1.54, 1.807) is 0 Å². The van der Waals surface area contributed by atoms with Crippen molar-refractivity contribution < 1.29 is 14.6 Å². The SMILES string of the molecule is CSc1ncc(Cl)c(C(=O)NCC2(O)CCOCC2)n1. The Hall–Kier alpha value is -0.890. The van der Waals surface area contributed by atoms with Gasteiger partial charge in [0.25, 0.3) is 5.91 Å². The average molecular weight is 318 g/mol. The van der Waals surface area contributed by atoms with Gasteiger partial charge in [0.1, 0.15) is 0 Å². The molecule has 6 nitrogen and oxygen atoms in total. The van der Waals surface area contributed by atoms with Crippen molar-refractivity contribution in [1.29, 1.82) is 0 Å². The maximum atomic E-state index is 12.1. The van der Waals surface area contributed by atoms with Gasteiger partial charge in [-0.15, -0.1) is 0 Å². The molecule has 0 bridgehead atoms. The summed E-state index contributed by atoms with van der Waals surface area (Å²) in [5.41, 5.74) is -0.794. The van der Waals surface area contributed by atoms with Crippen LogP contribution >= 0.6 is 23.4 Å². The van der Waals surface area contributed by atoms with Crippen LogP contribution in [0.25, 0.3) is 0 Å². The van der Waals surface area contributed by atoms with E-state index in [2.05, 4.69) is 15.3 Å². The lowest BCUT2D eigenvalue weighted by molar-refractivity contribution is -0.0605. The maximum absolute atomic E-state index is 12.1. The molecule has 20 heavy (non-hydrogen) atoms. The molecular weight excluding hydrogens is 302 g/mol. The van der Waals surface area contributed by atoms with Gasteiger partial charge in [-0.05, 0) is 6.26 Å². The van der Waals surface area contributed by atoms with Gasteiger partial charge in [-0.3, -0.25) is 4.79 Å². The molecule has 0 aromatic carbocycles. The predicted octanol–water partition coefficient (Wildman–Crippen LogP) is 1.12. The minimum Gasteiger partial charge on any atom is -0.388 e. The summed E-state index contributed by atoms with van der Waals surface area (Å²) >= 11 is 7.25. The van der Waals surface area contributed by atoms with E-state index in [0.717, 1.165) is 0 Å². The zero-order valence-corrected chi connectivity index (χ0v) is 12.6. The van der Waals surface area contributed by atoms with E-state index >= 15 is 0 Å². The zero-order valence-electron chi connectivity index (χ0n) is 11.1. The summed E-state index contributed by atoms with van der Waals surface area (Å²) in [5, 5.41) is 13.6. The highest BCUT2D eigenvalue weighted by Crippen LogP contribution is 2.20. The molecule has 0 aliphatic carbocycles. The molecule has 2 N–H and O–H groups in total. The molecule has 1 aliphatic heterocycles. The number of ether oxygens (including phenoxy) is 1. The second-order valence-corrected chi connectivity index (χ2v) is 5.75. The van der Waals surface area contributed by atoms with Crippen LogP contribution < -0.4 is 5.32 Å². The number of carbonyl (C=O) groups is 1. The zero-order chi connectivity index (χ0) is 14.6. The quantitative estimate of drug-likeness (QED) is 0.639. The van der Waals surface area contributed by atoms with E-state index in [1.165, 1.54) is 18.0 Å². The molecule has 8 heteroatoms. The number of aromatic nitrogens is 2. The van der Waals surface area contributed by atoms with Crippen molar-refractivity contribution in [3.63, 3.8) is 0 Å². The van der Waals surface area contributed by atoms with E-state index in [-0.39, 0.29) is 17.3 Å². The summed E-state index contributed by atoms with van der Waals surface area (Å²) in [5.74, 6) is -0.410. The molecule has 1 aromatic heterocycles. The highest BCUT2D eigenvalue weighted by molar-refractivity contribution is 7.98. The third-order valence-corrected chi connectivity index (χ3v) is 3.96. The van der Waals surface area contributed by atoms with Crippen LogP contribution in [0.15, 0.2) is 11.4 Å². The van der Waals surface area contributed by atoms with Crippen molar-refractivity contribution in [3.8, 4) is 0 Å². The topological polar surface area (TPSA) is 84.3 Å². The Kier molecular flexibility index (Phi) is 5.20. The Morgan fingerprint density at radius 1 is 1.60 bits per heavy atom. The molecule has 1 saturated heterocycles. The summed E-state index contributed by atoms with van der Waals surface area (Å²) in [6, 6.07) is 0. The van der Waals surface area contributed by atoms with Gasteiger partial charge < -0.3 is 15.2 Å².